The van der Waals surface area contributed by atoms with Crippen LogP contribution in [-0.2, 0) is 18.4 Å². The summed E-state index contributed by atoms with van der Waals surface area (Å²) in [6, 6.07) is 6.86. The summed E-state index contributed by atoms with van der Waals surface area (Å²) in [5, 5.41) is 2.79. The molecule has 0 unspecified atom stereocenters. The molecule has 19 heavy (non-hydrogen) atoms. The quantitative estimate of drug-likeness (QED) is 0.661. The molecule has 5 nitrogen and oxygen atoms in total. The van der Waals surface area contributed by atoms with Crippen molar-refractivity contribution < 1.29 is 14.2 Å². The lowest BCUT2D eigenvalue weighted by Crippen LogP contribution is -2.25. The standard InChI is InChI=1S/C14H15N3O2/c1-11(18)12-3-5-13(6-4-12)15-14(19)9-17-8-7-16(2)10-17/h3-8,10H,9H2,1-2H3/p+1. The molecule has 0 saturated carbocycles. The maximum absolute atomic E-state index is 11.8. The second kappa shape index (κ2) is 5.48. The predicted molar refractivity (Wildman–Crippen MR) is 70.7 cm³/mol. The zero-order chi connectivity index (χ0) is 13.8. The van der Waals surface area contributed by atoms with Crippen LogP contribution in [0, 0.1) is 0 Å². The van der Waals surface area contributed by atoms with Crippen molar-refractivity contribution in [3.63, 3.8) is 0 Å². The normalized spacial score (nSPS) is 10.2. The summed E-state index contributed by atoms with van der Waals surface area (Å²) < 4.78 is 3.66. The van der Waals surface area contributed by atoms with Gasteiger partial charge < -0.3 is 5.32 Å². The highest BCUT2D eigenvalue weighted by Gasteiger charge is 2.08. The summed E-state index contributed by atoms with van der Waals surface area (Å²) in [6.07, 6.45) is 5.53. The molecule has 98 valence electrons. The number of aromatic nitrogens is 2. The fraction of sp³-hybridized carbons (Fsp3) is 0.214. The lowest BCUT2D eigenvalue weighted by atomic mass is 10.1. The van der Waals surface area contributed by atoms with Gasteiger partial charge in [-0.1, -0.05) is 0 Å². The largest absolute Gasteiger partial charge is 0.323 e. The van der Waals surface area contributed by atoms with Gasteiger partial charge in [0.05, 0.1) is 7.05 Å². The first-order valence-electron chi connectivity index (χ1n) is 5.96. The molecule has 1 amide bonds. The van der Waals surface area contributed by atoms with Crippen LogP contribution in [-0.4, -0.2) is 16.3 Å². The third-order valence-corrected chi connectivity index (χ3v) is 2.73. The van der Waals surface area contributed by atoms with E-state index in [0.717, 1.165) is 0 Å². The summed E-state index contributed by atoms with van der Waals surface area (Å²) in [6.45, 7) is 1.77. The first kappa shape index (κ1) is 13.0. The van der Waals surface area contributed by atoms with Crippen molar-refractivity contribution in [2.45, 2.75) is 13.5 Å². The number of ketones is 1. The first-order valence-corrected chi connectivity index (χ1v) is 5.96. The van der Waals surface area contributed by atoms with Crippen molar-refractivity contribution in [1.82, 2.24) is 4.57 Å². The number of imidazole rings is 1. The zero-order valence-corrected chi connectivity index (χ0v) is 11.0. The molecule has 0 aliphatic carbocycles. The molecule has 0 radical (unpaired) electrons. The number of Topliss-reactive ketones (excluding diaryl/α,β-unsaturated/α-hetero) is 1. The molecule has 2 rings (SSSR count). The molecule has 1 heterocycles. The smallest absolute Gasteiger partial charge is 0.266 e. The van der Waals surface area contributed by atoms with Gasteiger partial charge in [0.15, 0.2) is 12.3 Å². The summed E-state index contributed by atoms with van der Waals surface area (Å²) >= 11 is 0. The molecule has 0 fully saturated rings. The highest BCUT2D eigenvalue weighted by Crippen LogP contribution is 2.10. The number of rotatable bonds is 4. The highest BCUT2D eigenvalue weighted by atomic mass is 16.2. The van der Waals surface area contributed by atoms with Crippen LogP contribution in [0.4, 0.5) is 5.69 Å². The zero-order valence-electron chi connectivity index (χ0n) is 11.0. The van der Waals surface area contributed by atoms with Crippen molar-refractivity contribution in [2.75, 3.05) is 5.32 Å². The maximum atomic E-state index is 11.8. The van der Waals surface area contributed by atoms with Crippen LogP contribution < -0.4 is 9.88 Å². The third-order valence-electron chi connectivity index (χ3n) is 2.73. The molecule has 0 atom stereocenters. The van der Waals surface area contributed by atoms with Gasteiger partial charge in [-0.05, 0) is 31.2 Å². The number of hydrogen-bond donors (Lipinski definition) is 1. The highest BCUT2D eigenvalue weighted by molar-refractivity contribution is 5.95. The van der Waals surface area contributed by atoms with Gasteiger partial charge in [0.1, 0.15) is 12.4 Å². The monoisotopic (exact) mass is 258 g/mol. The molecule has 0 saturated heterocycles. The number of amides is 1. The minimum atomic E-state index is -0.105. The van der Waals surface area contributed by atoms with Gasteiger partial charge in [0.25, 0.3) is 5.91 Å². The number of nitrogens with zero attached hydrogens (tertiary/aromatic N) is 2. The molecular weight excluding hydrogens is 242 g/mol. The van der Waals surface area contributed by atoms with Crippen molar-refractivity contribution in [1.29, 1.82) is 0 Å². The van der Waals surface area contributed by atoms with E-state index in [1.165, 1.54) is 6.92 Å². The van der Waals surface area contributed by atoms with E-state index < -0.39 is 0 Å². The van der Waals surface area contributed by atoms with Gasteiger partial charge in [-0.2, -0.15) is 0 Å². The summed E-state index contributed by atoms with van der Waals surface area (Å²) in [7, 11) is 1.90. The van der Waals surface area contributed by atoms with E-state index in [4.69, 9.17) is 0 Å². The Morgan fingerprint density at radius 3 is 2.47 bits per heavy atom. The maximum Gasteiger partial charge on any atom is 0.266 e. The van der Waals surface area contributed by atoms with E-state index in [0.29, 0.717) is 11.3 Å². The number of anilines is 1. The van der Waals surface area contributed by atoms with E-state index in [1.807, 2.05) is 30.3 Å². The number of carbonyl (C=O) groups excluding carboxylic acids is 2. The van der Waals surface area contributed by atoms with Gasteiger partial charge in [-0.25, -0.2) is 9.13 Å². The summed E-state index contributed by atoms with van der Waals surface area (Å²) in [4.78, 5) is 22.9. The molecule has 0 spiro atoms. The van der Waals surface area contributed by atoms with Gasteiger partial charge in [0.2, 0.25) is 6.33 Å². The Balaban J connectivity index is 1.97. The van der Waals surface area contributed by atoms with Gasteiger partial charge in [-0.15, -0.1) is 0 Å². The molecule has 5 heteroatoms. The molecule has 1 aromatic carbocycles. The minimum absolute atomic E-state index is 0.0118. The van der Waals surface area contributed by atoms with Crippen LogP contribution in [0.5, 0.6) is 0 Å². The van der Waals surface area contributed by atoms with Crippen molar-refractivity contribution >= 4 is 17.4 Å². The fourth-order valence-corrected chi connectivity index (χ4v) is 1.75. The van der Waals surface area contributed by atoms with Gasteiger partial charge >= 0.3 is 0 Å². The molecule has 0 aliphatic rings. The van der Waals surface area contributed by atoms with E-state index in [-0.39, 0.29) is 18.2 Å². The molecule has 0 bridgehead atoms. The predicted octanol–water partition coefficient (Wildman–Crippen LogP) is 1.15. The minimum Gasteiger partial charge on any atom is -0.323 e. The molecular formula is C14H16N3O2+. The number of carbonyl (C=O) groups is 2. The second-order valence-electron chi connectivity index (χ2n) is 4.43. The van der Waals surface area contributed by atoms with Crippen molar-refractivity contribution in [3.8, 4) is 0 Å². The summed E-state index contributed by atoms with van der Waals surface area (Å²) in [5.74, 6) is -0.0931. The summed E-state index contributed by atoms with van der Waals surface area (Å²) in [5.41, 5.74) is 1.32. The molecule has 2 aromatic rings. The Hall–Kier alpha value is -2.43. The number of hydrogen-bond acceptors (Lipinski definition) is 2. The Kier molecular flexibility index (Phi) is 3.75. The third kappa shape index (κ3) is 3.51. The van der Waals surface area contributed by atoms with Crippen LogP contribution in [0.2, 0.25) is 0 Å². The van der Waals surface area contributed by atoms with E-state index in [1.54, 1.807) is 28.8 Å². The van der Waals surface area contributed by atoms with Crippen molar-refractivity contribution in [2.24, 2.45) is 7.05 Å². The number of nitrogens with one attached hydrogen (secondary N) is 1. The topological polar surface area (TPSA) is 55.0 Å². The Labute approximate surface area is 111 Å². The van der Waals surface area contributed by atoms with Crippen molar-refractivity contribution in [3.05, 3.63) is 48.5 Å². The SMILES string of the molecule is CC(=O)c1ccc(NC(=O)Cn2cc[n+](C)c2)cc1. The lowest BCUT2D eigenvalue weighted by Gasteiger charge is -2.04. The molecule has 1 N–H and O–H groups in total. The van der Waals surface area contributed by atoms with Gasteiger partial charge in [0, 0.05) is 11.3 Å². The van der Waals surface area contributed by atoms with Crippen LogP contribution >= 0.6 is 0 Å². The number of benzene rings is 1. The van der Waals surface area contributed by atoms with E-state index >= 15 is 0 Å². The Bertz CT molecular complexity index is 599. The van der Waals surface area contributed by atoms with E-state index in [9.17, 15) is 9.59 Å². The van der Waals surface area contributed by atoms with Gasteiger partial charge in [-0.3, -0.25) is 9.59 Å². The number of aryl methyl sites for hydroxylation is 1. The van der Waals surface area contributed by atoms with Crippen LogP contribution in [0.3, 0.4) is 0 Å². The molecule has 1 aromatic heterocycles. The molecule has 0 aliphatic heterocycles. The van der Waals surface area contributed by atoms with Crippen LogP contribution in [0.25, 0.3) is 0 Å². The Morgan fingerprint density at radius 1 is 1.26 bits per heavy atom. The second-order valence-corrected chi connectivity index (χ2v) is 4.43. The Morgan fingerprint density at radius 2 is 1.95 bits per heavy atom. The van der Waals surface area contributed by atoms with E-state index in [2.05, 4.69) is 5.32 Å². The fourth-order valence-electron chi connectivity index (χ4n) is 1.75. The van der Waals surface area contributed by atoms with Crippen LogP contribution in [0.1, 0.15) is 17.3 Å². The lowest BCUT2D eigenvalue weighted by molar-refractivity contribution is -0.671. The van der Waals surface area contributed by atoms with Crippen LogP contribution in [0.15, 0.2) is 43.0 Å². The average Bonchev–Trinajstić information content (AvgIpc) is 2.75. The first-order chi connectivity index (χ1) is 9.04. The average molecular weight is 258 g/mol.